The minimum Gasteiger partial charge on any atom is -0.507 e. The van der Waals surface area contributed by atoms with Crippen molar-refractivity contribution in [3.05, 3.63) is 138 Å². The van der Waals surface area contributed by atoms with Crippen molar-refractivity contribution >= 4 is 50.7 Å². The molecule has 0 fully saturated rings. The number of nitrogens with zero attached hydrogens (tertiary/aromatic N) is 5. The maximum Gasteiger partial charge on any atom is 2.00 e. The molecule has 4 heterocycles. The largest absolute Gasteiger partial charge is 2.00 e. The van der Waals surface area contributed by atoms with Gasteiger partial charge in [-0.05, 0) is 72.8 Å². The van der Waals surface area contributed by atoms with Gasteiger partial charge < -0.3 is 14.3 Å². The molecule has 0 aliphatic carbocycles. The van der Waals surface area contributed by atoms with Gasteiger partial charge in [-0.15, -0.1) is 17.7 Å². The van der Waals surface area contributed by atoms with Gasteiger partial charge in [-0.1, -0.05) is 121 Å². The predicted molar refractivity (Wildman–Crippen MR) is 217 cm³/mol. The second kappa shape index (κ2) is 13.6. The molecule has 54 heavy (non-hydrogen) atoms. The fraction of sp³-hybridized carbons (Fsp3) is 0.255. The zero-order valence-corrected chi connectivity index (χ0v) is 33.1. The molecule has 0 spiro atoms. The van der Waals surface area contributed by atoms with Gasteiger partial charge in [0.1, 0.15) is 11.5 Å². The van der Waals surface area contributed by atoms with Gasteiger partial charge in [-0.25, -0.2) is 4.98 Å². The number of hydrogen-bond acceptors (Lipinski definition) is 3. The molecule has 0 atom stereocenters. The van der Waals surface area contributed by atoms with Gasteiger partial charge in [-0.2, -0.15) is 0 Å². The molecule has 1 aliphatic rings. The van der Waals surface area contributed by atoms with Gasteiger partial charge in [0, 0.05) is 59.8 Å². The van der Waals surface area contributed by atoms with E-state index in [9.17, 15) is 0 Å². The topological polar surface area (TPSA) is 46.0 Å². The number of hydrogen-bond donors (Lipinski definition) is 0. The summed E-state index contributed by atoms with van der Waals surface area (Å²) in [5.41, 5.74) is 3.19. The number of aromatic nitrogens is 3. The molecule has 3 aromatic heterocycles. The first-order valence-corrected chi connectivity index (χ1v) is 17.5. The minimum atomic E-state index is -3.37. The first kappa shape index (κ1) is 27.4. The molecule has 0 saturated heterocycles. The number of pyridine rings is 2. The molecule has 272 valence electrons. The Kier molecular flexibility index (Phi) is 6.91. The van der Waals surface area contributed by atoms with Crippen molar-refractivity contribution in [1.82, 2.24) is 23.7 Å². The van der Waals surface area contributed by atoms with Crippen LogP contribution in [0.3, 0.4) is 0 Å². The maximum absolute atomic E-state index is 8.16. The Morgan fingerprint density at radius 3 is 2.07 bits per heavy atom. The first-order chi connectivity index (χ1) is 28.9. The van der Waals surface area contributed by atoms with Crippen molar-refractivity contribution in [3.63, 3.8) is 0 Å². The van der Waals surface area contributed by atoms with Crippen LogP contribution in [0.1, 0.15) is 91.1 Å². The maximum atomic E-state index is 8.16. The van der Waals surface area contributed by atoms with Crippen LogP contribution in [0.15, 0.2) is 109 Å². The number of benzene rings is 4. The van der Waals surface area contributed by atoms with Crippen LogP contribution in [0.4, 0.5) is 22.7 Å². The second-order valence-corrected chi connectivity index (χ2v) is 15.5. The molecule has 6 nitrogen and oxygen atoms in total. The monoisotopic (exact) mass is 899 g/mol. The summed E-state index contributed by atoms with van der Waals surface area (Å²) in [7, 11) is 0. The molecule has 0 bridgehead atoms. The number of rotatable bonds is 5. The molecule has 1 aliphatic heterocycles. The Morgan fingerprint density at radius 1 is 0.685 bits per heavy atom. The Morgan fingerprint density at radius 2 is 1.37 bits per heavy atom. The van der Waals surface area contributed by atoms with E-state index in [0.29, 0.717) is 34.1 Å². The van der Waals surface area contributed by atoms with Crippen LogP contribution in [-0.4, -0.2) is 20.5 Å². The average molecular weight is 900 g/mol. The van der Waals surface area contributed by atoms with Crippen molar-refractivity contribution in [1.29, 1.82) is 0 Å². The Bertz CT molecular complexity index is 2930. The predicted octanol–water partition coefficient (Wildman–Crippen LogP) is 11.7. The van der Waals surface area contributed by atoms with Crippen LogP contribution in [0.5, 0.6) is 11.5 Å². The third-order valence-electron chi connectivity index (χ3n) is 9.52. The molecule has 0 N–H and O–H groups in total. The molecule has 8 rings (SSSR count). The van der Waals surface area contributed by atoms with Crippen LogP contribution in [-0.2, 0) is 37.3 Å². The molecule has 0 radical (unpaired) electrons. The van der Waals surface area contributed by atoms with Crippen molar-refractivity contribution in [3.8, 4) is 17.3 Å². The summed E-state index contributed by atoms with van der Waals surface area (Å²) in [5.74, 6) is 1.53. The smallest absolute Gasteiger partial charge is 0.507 e. The molecule has 7 heteroatoms. The SMILES string of the molecule is [2H]C([2H])([2H])C(c1ccc([N+]2=C=[N+](c3[c-]c(Oc4[c-]c5c(nc4)c4ccccc4n5-c4cc(C(C)(C)C)ccn4)cc(C(C)(C)C)c3)c3ccccc32)cc1)(C([2H])([2H])[2H])C([2H])([2H])[2H].[Pt+2]. The third-order valence-corrected chi connectivity index (χ3v) is 9.52. The van der Waals surface area contributed by atoms with E-state index in [1.807, 2.05) is 77.5 Å². The molecular formula is C47H45N5OPt+2. The number of para-hydroxylation sites is 3. The minimum absolute atomic E-state index is 0. The normalized spacial score (nSPS) is 16.2. The van der Waals surface area contributed by atoms with E-state index >= 15 is 0 Å². The van der Waals surface area contributed by atoms with E-state index in [-0.39, 0.29) is 37.5 Å². The van der Waals surface area contributed by atoms with Crippen molar-refractivity contribution in [2.24, 2.45) is 0 Å². The van der Waals surface area contributed by atoms with Crippen molar-refractivity contribution < 1.29 is 38.1 Å². The van der Waals surface area contributed by atoms with Crippen LogP contribution >= 0.6 is 0 Å². The van der Waals surface area contributed by atoms with E-state index in [2.05, 4.69) is 70.3 Å². The zero-order chi connectivity index (χ0) is 44.8. The van der Waals surface area contributed by atoms with Crippen LogP contribution < -0.4 is 13.9 Å². The Balaban J connectivity index is 0.00000595. The number of ether oxygens (including phenoxy) is 1. The summed E-state index contributed by atoms with van der Waals surface area (Å²) in [6.45, 7) is 2.69. The molecule has 0 saturated carbocycles. The summed E-state index contributed by atoms with van der Waals surface area (Å²) in [6.07, 6.45) is 3.48. The van der Waals surface area contributed by atoms with Crippen LogP contribution in [0.2, 0.25) is 0 Å². The quantitative estimate of drug-likeness (QED) is 0.128. The fourth-order valence-corrected chi connectivity index (χ4v) is 6.58. The van der Waals surface area contributed by atoms with E-state index in [0.717, 1.165) is 39.1 Å². The average Bonchev–Trinajstić information content (AvgIpc) is 3.72. The Labute approximate surface area is 345 Å². The number of fused-ring (bicyclic) bond motifs is 4. The summed E-state index contributed by atoms with van der Waals surface area (Å²) < 4.78 is 85.7. The van der Waals surface area contributed by atoms with E-state index in [1.165, 1.54) is 24.3 Å². The second-order valence-electron chi connectivity index (χ2n) is 15.5. The summed E-state index contributed by atoms with van der Waals surface area (Å²) in [5, 5.41) is 0.959. The molecule has 0 unspecified atom stereocenters. The Hall–Kier alpha value is -5.15. The van der Waals surface area contributed by atoms with Gasteiger partial charge in [-0.3, -0.25) is 0 Å². The van der Waals surface area contributed by atoms with E-state index in [4.69, 9.17) is 27.0 Å². The van der Waals surface area contributed by atoms with E-state index in [1.54, 1.807) is 10.8 Å². The van der Waals surface area contributed by atoms with Gasteiger partial charge in [0.25, 0.3) is 11.4 Å². The molecular weight excluding hydrogens is 846 g/mol. The first-order valence-electron chi connectivity index (χ1n) is 22.0. The fourth-order valence-electron chi connectivity index (χ4n) is 6.58. The summed E-state index contributed by atoms with van der Waals surface area (Å²) >= 11 is 0. The van der Waals surface area contributed by atoms with E-state index < -0.39 is 26.0 Å². The van der Waals surface area contributed by atoms with Crippen molar-refractivity contribution in [2.45, 2.75) is 78.3 Å². The standard InChI is InChI=1S/C47H45N5O.Pt/c1-45(2,3)31-18-20-34(21-19-31)50-30-51(41-17-13-12-16-40(41)50)35-24-33(47(7,8)9)25-36(27-35)53-37-28-42-44(49-29-37)38-14-10-11-15-39(38)52(42)43-26-32(22-23-48-43)46(4,5)6;/h10-26,29H,1-9H3;/q;+2/i1D3,2D3,3D3;. The molecule has 0 amide bonds. The summed E-state index contributed by atoms with van der Waals surface area (Å²) in [6, 6.07) is 39.6. The molecule has 4 aromatic carbocycles. The zero-order valence-electron chi connectivity index (χ0n) is 39.9. The van der Waals surface area contributed by atoms with Crippen LogP contribution in [0, 0.1) is 12.1 Å². The van der Waals surface area contributed by atoms with Crippen LogP contribution in [0.25, 0.3) is 27.8 Å². The van der Waals surface area contributed by atoms with Gasteiger partial charge in [0.05, 0.1) is 0 Å². The molecule has 7 aromatic rings. The van der Waals surface area contributed by atoms with Crippen molar-refractivity contribution in [2.75, 3.05) is 0 Å². The summed E-state index contributed by atoms with van der Waals surface area (Å²) in [4.78, 5) is 9.66. The van der Waals surface area contributed by atoms with Gasteiger partial charge in [0.2, 0.25) is 5.69 Å². The van der Waals surface area contributed by atoms with Gasteiger partial charge >= 0.3 is 27.1 Å². The van der Waals surface area contributed by atoms with Gasteiger partial charge in [0.15, 0.2) is 0 Å². The third kappa shape index (κ3) is 6.86.